The zero-order valence-corrected chi connectivity index (χ0v) is 19.1. The van der Waals surface area contributed by atoms with Gasteiger partial charge in [-0.15, -0.1) is 0 Å². The molecule has 1 atom stereocenters. The Kier molecular flexibility index (Phi) is 7.04. The van der Waals surface area contributed by atoms with Crippen LogP contribution >= 0.6 is 23.4 Å². The minimum absolute atomic E-state index is 0.0251. The first-order valence-electron chi connectivity index (χ1n) is 9.82. The fourth-order valence-electron chi connectivity index (χ4n) is 2.95. The summed E-state index contributed by atoms with van der Waals surface area (Å²) in [7, 11) is 0. The van der Waals surface area contributed by atoms with Gasteiger partial charge in [0.15, 0.2) is 5.16 Å². The van der Waals surface area contributed by atoms with E-state index in [4.69, 9.17) is 11.6 Å². The summed E-state index contributed by atoms with van der Waals surface area (Å²) in [5, 5.41) is 13.6. The Hall–Kier alpha value is -2.82. The quantitative estimate of drug-likeness (QED) is 0.426. The fraction of sp³-hybridized carbons (Fsp3) is 0.304. The second-order valence-electron chi connectivity index (χ2n) is 7.74. The Morgan fingerprint density at radius 3 is 2.65 bits per heavy atom. The summed E-state index contributed by atoms with van der Waals surface area (Å²) < 4.78 is 1.56. The first-order chi connectivity index (χ1) is 14.7. The molecule has 31 heavy (non-hydrogen) atoms. The zero-order chi connectivity index (χ0) is 22.6. The van der Waals surface area contributed by atoms with Crippen LogP contribution in [0, 0.1) is 17.2 Å². The van der Waals surface area contributed by atoms with Gasteiger partial charge in [0.1, 0.15) is 5.54 Å². The molecule has 6 nitrogen and oxygen atoms in total. The summed E-state index contributed by atoms with van der Waals surface area (Å²) in [6, 6.07) is 16.7. The molecule has 8 heteroatoms. The molecule has 0 aliphatic rings. The van der Waals surface area contributed by atoms with Crippen LogP contribution in [0.5, 0.6) is 0 Å². The second kappa shape index (κ2) is 9.54. The molecular weight excluding hydrogens is 432 g/mol. The van der Waals surface area contributed by atoms with Crippen molar-refractivity contribution in [2.24, 2.45) is 5.92 Å². The topological polar surface area (TPSA) is 87.8 Å². The van der Waals surface area contributed by atoms with Crippen LogP contribution in [0.3, 0.4) is 0 Å². The SMILES string of the molecule is CC(C)[C@@](C)(C#N)NC(=O)CSc1nc2cc(Cl)ccc2c(=O)n1Cc1ccccc1. The molecule has 0 saturated carbocycles. The number of carbonyl (C=O) groups is 1. The van der Waals surface area contributed by atoms with Gasteiger partial charge in [-0.2, -0.15) is 5.26 Å². The summed E-state index contributed by atoms with van der Waals surface area (Å²) in [6.07, 6.45) is 0. The molecule has 0 aliphatic heterocycles. The maximum Gasteiger partial charge on any atom is 0.262 e. The number of thioether (sulfide) groups is 1. The Morgan fingerprint density at radius 1 is 1.29 bits per heavy atom. The van der Waals surface area contributed by atoms with Crippen LogP contribution in [0.4, 0.5) is 0 Å². The monoisotopic (exact) mass is 454 g/mol. The third-order valence-electron chi connectivity index (χ3n) is 5.18. The van der Waals surface area contributed by atoms with Gasteiger partial charge in [-0.25, -0.2) is 4.98 Å². The largest absolute Gasteiger partial charge is 0.337 e. The summed E-state index contributed by atoms with van der Waals surface area (Å²) in [4.78, 5) is 30.4. The predicted molar refractivity (Wildman–Crippen MR) is 124 cm³/mol. The lowest BCUT2D eigenvalue weighted by Gasteiger charge is -2.27. The van der Waals surface area contributed by atoms with Gasteiger partial charge in [0.25, 0.3) is 5.56 Å². The maximum atomic E-state index is 13.2. The summed E-state index contributed by atoms with van der Waals surface area (Å²) >= 11 is 7.25. The Balaban J connectivity index is 1.94. The minimum atomic E-state index is -0.967. The molecule has 0 aliphatic carbocycles. The van der Waals surface area contributed by atoms with E-state index in [2.05, 4.69) is 16.4 Å². The molecule has 1 amide bonds. The standard InChI is InChI=1S/C23H23ClN4O2S/c1-15(2)23(3,14-25)27-20(29)13-31-22-26-19-11-17(24)9-10-18(19)21(30)28(22)12-16-7-5-4-6-8-16/h4-11,15H,12-13H2,1-3H3,(H,27,29)/t23-/m1/s1. The Morgan fingerprint density at radius 2 is 2.00 bits per heavy atom. The van der Waals surface area contributed by atoms with Crippen molar-refractivity contribution in [3.8, 4) is 6.07 Å². The van der Waals surface area contributed by atoms with E-state index >= 15 is 0 Å². The minimum Gasteiger partial charge on any atom is -0.337 e. The number of rotatable bonds is 7. The predicted octanol–water partition coefficient (Wildman–Crippen LogP) is 4.24. The Labute approximate surface area is 190 Å². The van der Waals surface area contributed by atoms with E-state index in [0.29, 0.717) is 27.6 Å². The molecule has 3 rings (SSSR count). The lowest BCUT2D eigenvalue weighted by atomic mass is 9.90. The van der Waals surface area contributed by atoms with Crippen LogP contribution in [0.2, 0.25) is 5.02 Å². The molecule has 0 spiro atoms. The van der Waals surface area contributed by atoms with Gasteiger partial charge >= 0.3 is 0 Å². The molecule has 0 unspecified atom stereocenters. The number of carbonyl (C=O) groups excluding carboxylic acids is 1. The lowest BCUT2D eigenvalue weighted by molar-refractivity contribution is -0.120. The maximum absolute atomic E-state index is 13.2. The van der Waals surface area contributed by atoms with E-state index in [0.717, 1.165) is 17.3 Å². The van der Waals surface area contributed by atoms with Crippen molar-refractivity contribution in [3.63, 3.8) is 0 Å². The number of nitrogens with one attached hydrogen (secondary N) is 1. The number of amides is 1. The molecule has 3 aromatic rings. The van der Waals surface area contributed by atoms with Crippen molar-refractivity contribution in [1.29, 1.82) is 5.26 Å². The molecule has 0 radical (unpaired) electrons. The number of nitriles is 1. The van der Waals surface area contributed by atoms with Crippen molar-refractivity contribution in [1.82, 2.24) is 14.9 Å². The highest BCUT2D eigenvalue weighted by atomic mass is 35.5. The van der Waals surface area contributed by atoms with Crippen LogP contribution in [-0.4, -0.2) is 26.8 Å². The highest BCUT2D eigenvalue weighted by Crippen LogP contribution is 2.22. The van der Waals surface area contributed by atoms with E-state index in [1.165, 1.54) is 0 Å². The molecule has 0 bridgehead atoms. The second-order valence-corrected chi connectivity index (χ2v) is 9.12. The van der Waals surface area contributed by atoms with Gasteiger partial charge in [0, 0.05) is 5.02 Å². The summed E-state index contributed by atoms with van der Waals surface area (Å²) in [6.45, 7) is 5.78. The van der Waals surface area contributed by atoms with E-state index in [-0.39, 0.29) is 23.1 Å². The number of hydrogen-bond donors (Lipinski definition) is 1. The molecule has 1 N–H and O–H groups in total. The van der Waals surface area contributed by atoms with Gasteiger partial charge in [-0.1, -0.05) is 67.5 Å². The van der Waals surface area contributed by atoms with Crippen molar-refractivity contribution in [3.05, 3.63) is 69.5 Å². The zero-order valence-electron chi connectivity index (χ0n) is 17.6. The van der Waals surface area contributed by atoms with Crippen LogP contribution < -0.4 is 10.9 Å². The fourth-order valence-corrected chi connectivity index (χ4v) is 3.91. The first-order valence-corrected chi connectivity index (χ1v) is 11.2. The normalized spacial score (nSPS) is 13.0. The smallest absolute Gasteiger partial charge is 0.262 e. The molecule has 0 fully saturated rings. The van der Waals surface area contributed by atoms with E-state index < -0.39 is 5.54 Å². The van der Waals surface area contributed by atoms with E-state index in [1.54, 1.807) is 29.7 Å². The number of hydrogen-bond acceptors (Lipinski definition) is 5. The number of nitrogens with zero attached hydrogens (tertiary/aromatic N) is 3. The van der Waals surface area contributed by atoms with Crippen LogP contribution in [0.15, 0.2) is 58.5 Å². The Bertz CT molecular complexity index is 1200. The lowest BCUT2D eigenvalue weighted by Crippen LogP contribution is -2.49. The van der Waals surface area contributed by atoms with Gasteiger partial charge in [-0.3, -0.25) is 14.2 Å². The number of halogens is 1. The van der Waals surface area contributed by atoms with Gasteiger partial charge in [0.05, 0.1) is 29.3 Å². The third kappa shape index (κ3) is 5.27. The molecule has 0 saturated heterocycles. The van der Waals surface area contributed by atoms with E-state index in [9.17, 15) is 14.9 Å². The van der Waals surface area contributed by atoms with Crippen LogP contribution in [0.25, 0.3) is 10.9 Å². The van der Waals surface area contributed by atoms with Gasteiger partial charge < -0.3 is 5.32 Å². The molecule has 2 aromatic carbocycles. The number of benzene rings is 2. The molecular formula is C23H23ClN4O2S. The molecule has 1 aromatic heterocycles. The summed E-state index contributed by atoms with van der Waals surface area (Å²) in [5.41, 5.74) is 0.264. The number of aromatic nitrogens is 2. The number of fused-ring (bicyclic) bond motifs is 1. The van der Waals surface area contributed by atoms with Crippen molar-refractivity contribution in [2.75, 3.05) is 5.75 Å². The van der Waals surface area contributed by atoms with Crippen LogP contribution in [0.1, 0.15) is 26.3 Å². The highest BCUT2D eigenvalue weighted by Gasteiger charge is 2.30. The van der Waals surface area contributed by atoms with Crippen molar-refractivity contribution >= 4 is 40.2 Å². The van der Waals surface area contributed by atoms with Crippen molar-refractivity contribution in [2.45, 2.75) is 38.0 Å². The average Bonchev–Trinajstić information content (AvgIpc) is 2.74. The van der Waals surface area contributed by atoms with E-state index in [1.807, 2.05) is 44.2 Å². The highest BCUT2D eigenvalue weighted by molar-refractivity contribution is 7.99. The van der Waals surface area contributed by atoms with Crippen molar-refractivity contribution < 1.29 is 4.79 Å². The van der Waals surface area contributed by atoms with Gasteiger partial charge in [0.2, 0.25) is 5.91 Å². The third-order valence-corrected chi connectivity index (χ3v) is 6.40. The average molecular weight is 455 g/mol. The summed E-state index contributed by atoms with van der Waals surface area (Å²) in [5.74, 6) is -0.324. The molecule has 1 heterocycles. The first kappa shape index (κ1) is 22.9. The molecule has 160 valence electrons. The van der Waals surface area contributed by atoms with Crippen LogP contribution in [-0.2, 0) is 11.3 Å². The van der Waals surface area contributed by atoms with Gasteiger partial charge in [-0.05, 0) is 36.6 Å².